The molecular weight excluding hydrogens is 499 g/mol. The maximum atomic E-state index is 3.43. The maximum Gasteiger partial charge on any atom is 0.0568 e. The number of rotatable bonds is 1. The summed E-state index contributed by atoms with van der Waals surface area (Å²) >= 11 is 0. The molecule has 0 saturated heterocycles. The summed E-state index contributed by atoms with van der Waals surface area (Å²) in [7, 11) is 2.18. The molecule has 8 aromatic rings. The Morgan fingerprint density at radius 2 is 1.37 bits per heavy atom. The number of aromatic nitrogens is 1. The van der Waals surface area contributed by atoms with E-state index in [1.165, 1.54) is 76.0 Å². The van der Waals surface area contributed by atoms with Crippen LogP contribution in [-0.2, 0) is 39.8 Å². The maximum absolute atomic E-state index is 3.43. The zero-order valence-electron chi connectivity index (χ0n) is 19.3. The second kappa shape index (κ2) is 7.62. The predicted octanol–water partition coefficient (Wildman–Crippen LogP) is 8.85. The minimum Gasteiger partial charge on any atom is -0.343 e. The van der Waals surface area contributed by atoms with E-state index < -0.39 is 0 Å². The Morgan fingerprint density at radius 3 is 2.31 bits per heavy atom. The van der Waals surface area contributed by atoms with Crippen LogP contribution in [0, 0.1) is 6.07 Å². The van der Waals surface area contributed by atoms with Gasteiger partial charge in [-0.2, -0.15) is 0 Å². The van der Waals surface area contributed by atoms with Gasteiger partial charge in [0.15, 0.2) is 0 Å². The zero-order valence-corrected chi connectivity index (χ0v) is 22.2. The number of benzene rings is 7. The van der Waals surface area contributed by atoms with Crippen LogP contribution in [-0.4, -0.2) is 4.57 Å². The van der Waals surface area contributed by atoms with Crippen LogP contribution in [0.25, 0.3) is 76.0 Å². The molecule has 1 radical (unpaired) electrons. The van der Waals surface area contributed by atoms with Crippen LogP contribution in [0.4, 0.5) is 0 Å². The fraction of sp³-hybridized carbons (Fsp3) is 0.0303. The molecule has 0 spiro atoms. The van der Waals surface area contributed by atoms with E-state index in [2.05, 4.69) is 115 Å². The normalized spacial score (nSPS) is 11.9. The molecule has 35 heavy (non-hydrogen) atoms. The van der Waals surface area contributed by atoms with Crippen LogP contribution >= 0.6 is 0 Å². The van der Waals surface area contributed by atoms with Crippen molar-refractivity contribution in [3.05, 3.63) is 109 Å². The monoisotopic (exact) mass is 519 g/mol. The first-order valence-corrected chi connectivity index (χ1v) is 11.8. The van der Waals surface area contributed by atoms with Crippen molar-refractivity contribution in [1.82, 2.24) is 4.57 Å². The molecule has 0 aliphatic carbocycles. The van der Waals surface area contributed by atoms with Gasteiger partial charge in [0.25, 0.3) is 0 Å². The van der Waals surface area contributed by atoms with Gasteiger partial charge in [-0.15, -0.1) is 35.0 Å². The second-order valence-corrected chi connectivity index (χ2v) is 9.35. The average molecular weight is 519 g/mol. The summed E-state index contributed by atoms with van der Waals surface area (Å²) < 4.78 is 2.34. The molecule has 0 atom stereocenters. The molecule has 0 amide bonds. The van der Waals surface area contributed by atoms with E-state index in [1.54, 1.807) is 0 Å². The summed E-state index contributed by atoms with van der Waals surface area (Å²) in [4.78, 5) is 0. The Morgan fingerprint density at radius 1 is 0.600 bits per heavy atom. The third kappa shape index (κ3) is 2.83. The fourth-order valence-corrected chi connectivity index (χ4v) is 6.07. The van der Waals surface area contributed by atoms with Crippen LogP contribution in [0.3, 0.4) is 0 Å². The molecule has 8 rings (SSSR count). The summed E-state index contributed by atoms with van der Waals surface area (Å²) in [5, 5.41) is 12.9. The summed E-state index contributed by atoms with van der Waals surface area (Å²) in [6, 6.07) is 41.3. The second-order valence-electron chi connectivity index (χ2n) is 9.35. The molecule has 1 aromatic heterocycles. The Kier molecular flexibility index (Phi) is 4.59. The third-order valence-electron chi connectivity index (χ3n) is 7.64. The van der Waals surface area contributed by atoms with E-state index in [0.29, 0.717) is 0 Å². The SMILES string of the molecule is Cn1c2ccc(-c3ccc4ccc5[c-]ccc6ccc3c4c56)cc2c2ccc3ccccc3c21.[Y]. The zero-order chi connectivity index (χ0) is 22.4. The Balaban J connectivity index is 0.00000210. The van der Waals surface area contributed by atoms with Crippen molar-refractivity contribution in [2.75, 3.05) is 0 Å². The Hall–Kier alpha value is -3.26. The first-order chi connectivity index (χ1) is 16.8. The number of aryl methyl sites for hydroxylation is 1. The van der Waals surface area contributed by atoms with Crippen LogP contribution in [0.2, 0.25) is 0 Å². The van der Waals surface area contributed by atoms with Crippen LogP contribution in [0.5, 0.6) is 0 Å². The quantitative estimate of drug-likeness (QED) is 0.151. The molecule has 0 aliphatic rings. The van der Waals surface area contributed by atoms with E-state index in [9.17, 15) is 0 Å². The number of fused-ring (bicyclic) bond motifs is 5. The van der Waals surface area contributed by atoms with Crippen molar-refractivity contribution in [1.29, 1.82) is 0 Å². The predicted molar refractivity (Wildman–Crippen MR) is 146 cm³/mol. The topological polar surface area (TPSA) is 4.93 Å². The third-order valence-corrected chi connectivity index (χ3v) is 7.64. The van der Waals surface area contributed by atoms with Crippen LogP contribution in [0.15, 0.2) is 103 Å². The van der Waals surface area contributed by atoms with Gasteiger partial charge in [-0.05, 0) is 44.8 Å². The molecule has 7 aromatic carbocycles. The number of hydrogen-bond donors (Lipinski definition) is 0. The molecule has 0 bridgehead atoms. The van der Waals surface area contributed by atoms with Gasteiger partial charge in [-0.3, -0.25) is 0 Å². The van der Waals surface area contributed by atoms with Crippen LogP contribution in [0.1, 0.15) is 0 Å². The molecule has 0 saturated carbocycles. The summed E-state index contributed by atoms with van der Waals surface area (Å²) in [5.41, 5.74) is 5.11. The van der Waals surface area contributed by atoms with Gasteiger partial charge in [0, 0.05) is 61.4 Å². The van der Waals surface area contributed by atoms with Crippen molar-refractivity contribution in [2.24, 2.45) is 7.05 Å². The van der Waals surface area contributed by atoms with Crippen LogP contribution < -0.4 is 0 Å². The molecule has 2 heteroatoms. The van der Waals surface area contributed by atoms with Gasteiger partial charge in [0.05, 0.1) is 5.52 Å². The largest absolute Gasteiger partial charge is 0.343 e. The van der Waals surface area contributed by atoms with Gasteiger partial charge in [-0.25, -0.2) is 0 Å². The van der Waals surface area contributed by atoms with Gasteiger partial charge in [-0.1, -0.05) is 78.2 Å². The van der Waals surface area contributed by atoms with Crippen molar-refractivity contribution in [3.63, 3.8) is 0 Å². The molecule has 1 heterocycles. The smallest absolute Gasteiger partial charge is 0.0568 e. The van der Waals surface area contributed by atoms with Crippen molar-refractivity contribution < 1.29 is 32.7 Å². The van der Waals surface area contributed by atoms with E-state index in [-0.39, 0.29) is 32.7 Å². The fourth-order valence-electron chi connectivity index (χ4n) is 6.07. The summed E-state index contributed by atoms with van der Waals surface area (Å²) in [5.74, 6) is 0. The minimum absolute atomic E-state index is 0. The van der Waals surface area contributed by atoms with E-state index >= 15 is 0 Å². The van der Waals surface area contributed by atoms with E-state index in [4.69, 9.17) is 0 Å². The molecule has 0 fully saturated rings. The first kappa shape index (κ1) is 21.1. The standard InChI is InChI=1S/C33H20N.Y/c1-34-30-18-14-24(19-29(30)28-17-11-20-5-2-3-8-26(20)33(28)34)25-15-12-23-10-9-21-6-4-7-22-13-16-27(25)32(23)31(21)22;/h2-5,7-19H,1H3;/q-1;. The number of nitrogens with zero attached hydrogens (tertiary/aromatic N) is 1. The Bertz CT molecular complexity index is 2060. The summed E-state index contributed by atoms with van der Waals surface area (Å²) in [6.07, 6.45) is 0. The van der Waals surface area contributed by atoms with Crippen molar-refractivity contribution in [2.45, 2.75) is 0 Å². The molecular formula is C33H20NY-. The van der Waals surface area contributed by atoms with E-state index in [0.717, 1.165) is 0 Å². The molecule has 161 valence electrons. The molecule has 1 nitrogen and oxygen atoms in total. The van der Waals surface area contributed by atoms with Gasteiger partial charge in [0.2, 0.25) is 0 Å². The van der Waals surface area contributed by atoms with Gasteiger partial charge >= 0.3 is 0 Å². The van der Waals surface area contributed by atoms with Gasteiger partial charge in [0.1, 0.15) is 0 Å². The van der Waals surface area contributed by atoms with Crippen molar-refractivity contribution >= 4 is 64.9 Å². The van der Waals surface area contributed by atoms with Gasteiger partial charge < -0.3 is 4.57 Å². The number of hydrogen-bond acceptors (Lipinski definition) is 0. The molecule has 0 aliphatic heterocycles. The molecule has 0 unspecified atom stereocenters. The minimum atomic E-state index is 0. The van der Waals surface area contributed by atoms with Crippen molar-refractivity contribution in [3.8, 4) is 11.1 Å². The molecule has 0 N–H and O–H groups in total. The Labute approximate surface area is 228 Å². The summed E-state index contributed by atoms with van der Waals surface area (Å²) in [6.45, 7) is 0. The van der Waals surface area contributed by atoms with E-state index in [1.807, 2.05) is 6.07 Å². The average Bonchev–Trinajstić information content (AvgIpc) is 3.19. The first-order valence-electron chi connectivity index (χ1n) is 11.8.